The lowest BCUT2D eigenvalue weighted by atomic mass is 10.3. The van der Waals surface area contributed by atoms with E-state index in [1.165, 1.54) is 6.20 Å². The van der Waals surface area contributed by atoms with E-state index in [-0.39, 0.29) is 5.82 Å². The maximum absolute atomic E-state index is 13.5. The minimum atomic E-state index is -0.444. The molecule has 102 valence electrons. The highest BCUT2D eigenvalue weighted by Gasteiger charge is 2.06. The summed E-state index contributed by atoms with van der Waals surface area (Å²) in [7, 11) is 0. The Morgan fingerprint density at radius 3 is 2.89 bits per heavy atom. The normalized spacial score (nSPS) is 10.4. The van der Waals surface area contributed by atoms with Crippen LogP contribution in [-0.2, 0) is 6.42 Å². The molecule has 0 bridgehead atoms. The van der Waals surface area contributed by atoms with Gasteiger partial charge >= 0.3 is 0 Å². The smallest absolute Gasteiger partial charge is 0.224 e. The third-order valence-corrected chi connectivity index (χ3v) is 3.07. The van der Waals surface area contributed by atoms with Crippen molar-refractivity contribution in [3.8, 4) is 0 Å². The van der Waals surface area contributed by atoms with Crippen molar-refractivity contribution >= 4 is 23.1 Å². The molecule has 2 rings (SSSR count). The maximum Gasteiger partial charge on any atom is 0.224 e. The van der Waals surface area contributed by atoms with Gasteiger partial charge in [0.05, 0.1) is 17.4 Å². The topological polar surface area (TPSA) is 62.7 Å². The van der Waals surface area contributed by atoms with Crippen LogP contribution in [-0.4, -0.2) is 28.0 Å². The summed E-state index contributed by atoms with van der Waals surface area (Å²) >= 11 is 1.55. The molecule has 7 heteroatoms. The molecule has 2 N–H and O–H groups in total. The highest BCUT2D eigenvalue weighted by Crippen LogP contribution is 2.12. The number of halogens is 1. The van der Waals surface area contributed by atoms with E-state index in [4.69, 9.17) is 0 Å². The van der Waals surface area contributed by atoms with E-state index >= 15 is 0 Å². The molecule has 19 heavy (non-hydrogen) atoms. The van der Waals surface area contributed by atoms with E-state index in [0.29, 0.717) is 12.5 Å². The van der Waals surface area contributed by atoms with Crippen molar-refractivity contribution in [1.29, 1.82) is 0 Å². The van der Waals surface area contributed by atoms with Crippen molar-refractivity contribution < 1.29 is 4.39 Å². The Kier molecular flexibility index (Phi) is 5.02. The van der Waals surface area contributed by atoms with Crippen LogP contribution in [0.15, 0.2) is 17.1 Å². The monoisotopic (exact) mass is 281 g/mol. The predicted octanol–water partition coefficient (Wildman–Crippen LogP) is 2.55. The highest BCUT2D eigenvalue weighted by molar-refractivity contribution is 7.07. The number of thiazole rings is 1. The van der Waals surface area contributed by atoms with Gasteiger partial charge in [0.15, 0.2) is 11.6 Å². The van der Waals surface area contributed by atoms with Crippen LogP contribution >= 0.6 is 11.3 Å². The quantitative estimate of drug-likeness (QED) is 0.816. The standard InChI is InChI=1S/C12H16FN5S/c1-2-4-15-12-16-6-10(13)11(18-12)14-5-3-9-7-19-8-17-9/h6-8H,2-5H2,1H3,(H2,14,15,16,18). The first-order chi connectivity index (χ1) is 9.29. The molecular weight excluding hydrogens is 265 g/mol. The van der Waals surface area contributed by atoms with Crippen molar-refractivity contribution in [3.05, 3.63) is 28.6 Å². The predicted molar refractivity (Wildman–Crippen MR) is 75.1 cm³/mol. The Morgan fingerprint density at radius 1 is 1.26 bits per heavy atom. The summed E-state index contributed by atoms with van der Waals surface area (Å²) in [6, 6.07) is 0. The molecule has 0 radical (unpaired) electrons. The molecule has 2 aromatic heterocycles. The SMILES string of the molecule is CCCNc1ncc(F)c(NCCc2cscn2)n1. The van der Waals surface area contributed by atoms with Gasteiger partial charge in [-0.25, -0.2) is 14.4 Å². The lowest BCUT2D eigenvalue weighted by molar-refractivity contribution is 0.617. The summed E-state index contributed by atoms with van der Waals surface area (Å²) in [6.07, 6.45) is 2.88. The summed E-state index contributed by atoms with van der Waals surface area (Å²) in [5.41, 5.74) is 2.78. The Balaban J connectivity index is 1.90. The van der Waals surface area contributed by atoms with Gasteiger partial charge in [0.25, 0.3) is 0 Å². The second kappa shape index (κ2) is 6.98. The second-order valence-electron chi connectivity index (χ2n) is 3.97. The third kappa shape index (κ3) is 4.13. The maximum atomic E-state index is 13.5. The molecule has 0 saturated heterocycles. The van der Waals surface area contributed by atoms with Crippen LogP contribution in [0.4, 0.5) is 16.2 Å². The van der Waals surface area contributed by atoms with E-state index in [9.17, 15) is 4.39 Å². The molecule has 2 aromatic rings. The van der Waals surface area contributed by atoms with Crippen LogP contribution < -0.4 is 10.6 Å². The van der Waals surface area contributed by atoms with Crippen LogP contribution in [0.5, 0.6) is 0 Å². The summed E-state index contributed by atoms with van der Waals surface area (Å²) in [4.78, 5) is 12.2. The van der Waals surface area contributed by atoms with Crippen LogP contribution in [0.3, 0.4) is 0 Å². The molecule has 0 saturated carbocycles. The molecule has 0 spiro atoms. The van der Waals surface area contributed by atoms with Crippen molar-refractivity contribution in [2.24, 2.45) is 0 Å². The third-order valence-electron chi connectivity index (χ3n) is 2.43. The highest BCUT2D eigenvalue weighted by atomic mass is 32.1. The van der Waals surface area contributed by atoms with Gasteiger partial charge in [-0.2, -0.15) is 4.98 Å². The molecule has 0 atom stereocenters. The van der Waals surface area contributed by atoms with Gasteiger partial charge in [0, 0.05) is 24.9 Å². The van der Waals surface area contributed by atoms with Crippen LogP contribution in [0, 0.1) is 5.82 Å². The van der Waals surface area contributed by atoms with Gasteiger partial charge in [0.1, 0.15) is 0 Å². The first-order valence-corrected chi connectivity index (χ1v) is 7.11. The summed E-state index contributed by atoms with van der Waals surface area (Å²) in [6.45, 7) is 3.40. The van der Waals surface area contributed by atoms with E-state index < -0.39 is 5.82 Å². The fourth-order valence-electron chi connectivity index (χ4n) is 1.48. The van der Waals surface area contributed by atoms with Crippen molar-refractivity contribution in [2.75, 3.05) is 23.7 Å². The summed E-state index contributed by atoms with van der Waals surface area (Å²) < 4.78 is 13.5. The minimum absolute atomic E-state index is 0.226. The largest absolute Gasteiger partial charge is 0.367 e. The Bertz CT molecular complexity index is 503. The van der Waals surface area contributed by atoms with Crippen LogP contribution in [0.1, 0.15) is 19.0 Å². The molecule has 0 unspecified atom stereocenters. The number of anilines is 2. The van der Waals surface area contributed by atoms with E-state index in [1.54, 1.807) is 16.8 Å². The Hall–Kier alpha value is -1.76. The first-order valence-electron chi connectivity index (χ1n) is 6.17. The molecule has 0 fully saturated rings. The van der Waals surface area contributed by atoms with Gasteiger partial charge in [-0.15, -0.1) is 11.3 Å². The second-order valence-corrected chi connectivity index (χ2v) is 4.69. The number of hydrogen-bond acceptors (Lipinski definition) is 6. The lowest BCUT2D eigenvalue weighted by Crippen LogP contribution is -2.11. The lowest BCUT2D eigenvalue weighted by Gasteiger charge is -2.08. The average molecular weight is 281 g/mol. The first kappa shape index (κ1) is 13.7. The fourth-order valence-corrected chi connectivity index (χ4v) is 2.08. The number of aromatic nitrogens is 3. The van der Waals surface area contributed by atoms with E-state index in [0.717, 1.165) is 25.1 Å². The zero-order valence-electron chi connectivity index (χ0n) is 10.7. The number of hydrogen-bond donors (Lipinski definition) is 2. The Morgan fingerprint density at radius 2 is 2.16 bits per heavy atom. The van der Waals surface area contributed by atoms with Crippen molar-refractivity contribution in [3.63, 3.8) is 0 Å². The van der Waals surface area contributed by atoms with Crippen molar-refractivity contribution in [2.45, 2.75) is 19.8 Å². The van der Waals surface area contributed by atoms with E-state index in [1.807, 2.05) is 12.3 Å². The fraction of sp³-hybridized carbons (Fsp3) is 0.417. The van der Waals surface area contributed by atoms with Gasteiger partial charge in [-0.05, 0) is 6.42 Å². The molecule has 0 aromatic carbocycles. The van der Waals surface area contributed by atoms with Crippen LogP contribution in [0.25, 0.3) is 0 Å². The molecule has 0 aliphatic carbocycles. The molecular formula is C12H16FN5S. The van der Waals surface area contributed by atoms with Gasteiger partial charge < -0.3 is 10.6 Å². The molecule has 0 aliphatic heterocycles. The number of rotatable bonds is 7. The zero-order chi connectivity index (χ0) is 13.5. The van der Waals surface area contributed by atoms with Gasteiger partial charge in [-0.3, -0.25) is 0 Å². The van der Waals surface area contributed by atoms with E-state index in [2.05, 4.69) is 25.6 Å². The number of nitrogens with one attached hydrogen (secondary N) is 2. The number of nitrogens with zero attached hydrogens (tertiary/aromatic N) is 3. The van der Waals surface area contributed by atoms with Crippen LogP contribution in [0.2, 0.25) is 0 Å². The molecule has 0 aliphatic rings. The van der Waals surface area contributed by atoms with Gasteiger partial charge in [-0.1, -0.05) is 6.92 Å². The minimum Gasteiger partial charge on any atom is -0.367 e. The summed E-state index contributed by atoms with van der Waals surface area (Å²) in [5, 5.41) is 7.97. The summed E-state index contributed by atoms with van der Waals surface area (Å²) in [5.74, 6) is 0.226. The van der Waals surface area contributed by atoms with Crippen molar-refractivity contribution in [1.82, 2.24) is 15.0 Å². The average Bonchev–Trinajstić information content (AvgIpc) is 2.92. The van der Waals surface area contributed by atoms with Gasteiger partial charge in [0.2, 0.25) is 5.95 Å². The Labute approximate surface area is 115 Å². The molecule has 2 heterocycles. The zero-order valence-corrected chi connectivity index (χ0v) is 11.5. The molecule has 0 amide bonds. The molecule has 5 nitrogen and oxygen atoms in total.